The number of benzene rings is 3. The third-order valence-corrected chi connectivity index (χ3v) is 4.91. The SMILES string of the molecule is CN=C(/C=C(/C)OC)C(c1ccccc1)(c1ccccc1)c1ccccc1. The molecule has 0 heterocycles. The normalized spacial score (nSPS) is 12.7. The molecule has 0 atom stereocenters. The Labute approximate surface area is 161 Å². The van der Waals surface area contributed by atoms with Gasteiger partial charge in [0.1, 0.15) is 0 Å². The molecule has 0 aliphatic rings. The third-order valence-electron chi connectivity index (χ3n) is 4.91. The van der Waals surface area contributed by atoms with Crippen molar-refractivity contribution in [2.24, 2.45) is 4.99 Å². The summed E-state index contributed by atoms with van der Waals surface area (Å²) >= 11 is 0. The summed E-state index contributed by atoms with van der Waals surface area (Å²) in [6.07, 6.45) is 2.03. The fourth-order valence-electron chi connectivity index (χ4n) is 3.60. The number of methoxy groups -OCH3 is 1. The molecular formula is C25H25NO. The van der Waals surface area contributed by atoms with Crippen LogP contribution >= 0.6 is 0 Å². The van der Waals surface area contributed by atoms with Crippen molar-refractivity contribution in [3.05, 3.63) is 120 Å². The summed E-state index contributed by atoms with van der Waals surface area (Å²) in [5, 5.41) is 0. The molecule has 0 aliphatic heterocycles. The van der Waals surface area contributed by atoms with Gasteiger partial charge >= 0.3 is 0 Å². The average molecular weight is 355 g/mol. The Bertz CT molecular complexity index is 816. The monoisotopic (exact) mass is 355 g/mol. The van der Waals surface area contributed by atoms with E-state index in [2.05, 4.69) is 72.8 Å². The van der Waals surface area contributed by atoms with Crippen LogP contribution in [-0.2, 0) is 10.2 Å². The Morgan fingerprint density at radius 3 is 1.41 bits per heavy atom. The van der Waals surface area contributed by atoms with Crippen LogP contribution in [0.25, 0.3) is 0 Å². The molecule has 2 nitrogen and oxygen atoms in total. The molecule has 0 amide bonds. The summed E-state index contributed by atoms with van der Waals surface area (Å²) in [6, 6.07) is 31.6. The predicted molar refractivity (Wildman–Crippen MR) is 113 cm³/mol. The Balaban J connectivity index is 2.43. The highest BCUT2D eigenvalue weighted by molar-refractivity contribution is 6.09. The van der Waals surface area contributed by atoms with E-state index < -0.39 is 5.41 Å². The van der Waals surface area contributed by atoms with E-state index in [1.54, 1.807) is 7.11 Å². The standard InChI is InChI=1S/C25H25NO/c1-20(27-3)19-24(26-2)25(21-13-7-4-8-14-21,22-15-9-5-10-16-22)23-17-11-6-12-18-23/h4-19H,1-3H3/b20-19-,26-24?. The fourth-order valence-corrected chi connectivity index (χ4v) is 3.60. The quantitative estimate of drug-likeness (QED) is 0.318. The second-order valence-electron chi connectivity index (χ2n) is 6.42. The van der Waals surface area contributed by atoms with Gasteiger partial charge in [-0.15, -0.1) is 0 Å². The van der Waals surface area contributed by atoms with Gasteiger partial charge in [-0.3, -0.25) is 4.99 Å². The van der Waals surface area contributed by atoms with Crippen molar-refractivity contribution in [3.8, 4) is 0 Å². The Morgan fingerprint density at radius 1 is 0.741 bits per heavy atom. The molecule has 3 aromatic rings. The van der Waals surface area contributed by atoms with E-state index in [0.29, 0.717) is 0 Å². The molecular weight excluding hydrogens is 330 g/mol. The van der Waals surface area contributed by atoms with E-state index in [1.165, 1.54) is 16.7 Å². The average Bonchev–Trinajstić information content (AvgIpc) is 2.75. The van der Waals surface area contributed by atoms with Gasteiger partial charge in [0, 0.05) is 7.05 Å². The minimum Gasteiger partial charge on any atom is -0.501 e. The van der Waals surface area contributed by atoms with Crippen LogP contribution in [0.4, 0.5) is 0 Å². The summed E-state index contributed by atoms with van der Waals surface area (Å²) < 4.78 is 5.47. The molecule has 3 aromatic carbocycles. The van der Waals surface area contributed by atoms with Crippen LogP contribution in [0.1, 0.15) is 23.6 Å². The minimum absolute atomic E-state index is 0.529. The lowest BCUT2D eigenvalue weighted by molar-refractivity contribution is 0.294. The number of aliphatic imine (C=N–C) groups is 1. The van der Waals surface area contributed by atoms with Crippen molar-refractivity contribution in [2.45, 2.75) is 12.3 Å². The zero-order chi connectivity index (χ0) is 19.1. The van der Waals surface area contributed by atoms with Gasteiger partial charge in [0.2, 0.25) is 0 Å². The zero-order valence-electron chi connectivity index (χ0n) is 16.1. The summed E-state index contributed by atoms with van der Waals surface area (Å²) in [4.78, 5) is 4.74. The van der Waals surface area contributed by atoms with Gasteiger partial charge in [-0.05, 0) is 29.7 Å². The van der Waals surface area contributed by atoms with Crippen molar-refractivity contribution >= 4 is 5.71 Å². The predicted octanol–water partition coefficient (Wildman–Crippen LogP) is 5.64. The molecule has 0 fully saturated rings. The van der Waals surface area contributed by atoms with Crippen molar-refractivity contribution in [1.29, 1.82) is 0 Å². The lowest BCUT2D eigenvalue weighted by Crippen LogP contribution is -2.38. The van der Waals surface area contributed by atoms with Crippen LogP contribution in [0.3, 0.4) is 0 Å². The van der Waals surface area contributed by atoms with Crippen molar-refractivity contribution in [2.75, 3.05) is 14.2 Å². The van der Waals surface area contributed by atoms with Gasteiger partial charge in [0.05, 0.1) is 24.0 Å². The molecule has 0 radical (unpaired) electrons. The summed E-state index contributed by atoms with van der Waals surface area (Å²) in [5.74, 6) is 0.822. The van der Waals surface area contributed by atoms with E-state index in [-0.39, 0.29) is 0 Å². The highest BCUT2D eigenvalue weighted by Gasteiger charge is 2.40. The molecule has 0 saturated heterocycles. The summed E-state index contributed by atoms with van der Waals surface area (Å²) in [5.41, 5.74) is 3.91. The molecule has 3 rings (SSSR count). The van der Waals surface area contributed by atoms with E-state index >= 15 is 0 Å². The second kappa shape index (κ2) is 8.50. The number of rotatable bonds is 6. The number of nitrogens with zero attached hydrogens (tertiary/aromatic N) is 1. The molecule has 136 valence electrons. The van der Waals surface area contributed by atoms with Gasteiger partial charge < -0.3 is 4.74 Å². The zero-order valence-corrected chi connectivity index (χ0v) is 16.1. The first kappa shape index (κ1) is 18.7. The highest BCUT2D eigenvalue weighted by Crippen LogP contribution is 2.41. The summed E-state index contributed by atoms with van der Waals surface area (Å²) in [6.45, 7) is 1.96. The van der Waals surface area contributed by atoms with Crippen molar-refractivity contribution < 1.29 is 4.74 Å². The Kier molecular flexibility index (Phi) is 5.87. The Morgan fingerprint density at radius 2 is 1.11 bits per heavy atom. The topological polar surface area (TPSA) is 21.6 Å². The van der Waals surface area contributed by atoms with Gasteiger partial charge in [-0.1, -0.05) is 91.0 Å². The maximum Gasteiger partial charge on any atom is 0.0943 e. The first-order chi connectivity index (χ1) is 13.2. The smallest absolute Gasteiger partial charge is 0.0943 e. The van der Waals surface area contributed by atoms with Gasteiger partial charge in [0.25, 0.3) is 0 Å². The fraction of sp³-hybridized carbons (Fsp3) is 0.160. The first-order valence-corrected chi connectivity index (χ1v) is 9.09. The van der Waals surface area contributed by atoms with E-state index in [4.69, 9.17) is 9.73 Å². The lowest BCUT2D eigenvalue weighted by Gasteiger charge is -2.36. The second-order valence-corrected chi connectivity index (χ2v) is 6.42. The lowest BCUT2D eigenvalue weighted by atomic mass is 9.66. The minimum atomic E-state index is -0.529. The molecule has 0 bridgehead atoms. The van der Waals surface area contributed by atoms with Crippen LogP contribution in [0.15, 0.2) is 108 Å². The highest BCUT2D eigenvalue weighted by atomic mass is 16.5. The number of hydrogen-bond donors (Lipinski definition) is 0. The van der Waals surface area contributed by atoms with Crippen molar-refractivity contribution in [3.63, 3.8) is 0 Å². The van der Waals surface area contributed by atoms with Crippen LogP contribution < -0.4 is 0 Å². The maximum atomic E-state index is 5.47. The largest absolute Gasteiger partial charge is 0.501 e. The maximum absolute atomic E-state index is 5.47. The molecule has 0 spiro atoms. The molecule has 0 N–H and O–H groups in total. The Hall–Kier alpha value is -3.13. The number of allylic oxidation sites excluding steroid dienone is 2. The van der Waals surface area contributed by atoms with E-state index in [1.807, 2.05) is 38.2 Å². The van der Waals surface area contributed by atoms with Crippen LogP contribution in [0, 0.1) is 0 Å². The number of hydrogen-bond acceptors (Lipinski definition) is 2. The van der Waals surface area contributed by atoms with Crippen LogP contribution in [0.5, 0.6) is 0 Å². The van der Waals surface area contributed by atoms with E-state index in [0.717, 1.165) is 11.5 Å². The van der Waals surface area contributed by atoms with E-state index in [9.17, 15) is 0 Å². The number of ether oxygens (including phenoxy) is 1. The molecule has 27 heavy (non-hydrogen) atoms. The molecule has 0 aliphatic carbocycles. The molecule has 0 aromatic heterocycles. The van der Waals surface area contributed by atoms with Crippen molar-refractivity contribution in [1.82, 2.24) is 0 Å². The summed E-state index contributed by atoms with van der Waals surface area (Å²) in [7, 11) is 3.53. The molecule has 0 unspecified atom stereocenters. The molecule has 2 heteroatoms. The molecule has 0 saturated carbocycles. The van der Waals surface area contributed by atoms with Gasteiger partial charge in [0.15, 0.2) is 0 Å². The van der Waals surface area contributed by atoms with Crippen LogP contribution in [-0.4, -0.2) is 19.9 Å². The van der Waals surface area contributed by atoms with Gasteiger partial charge in [-0.2, -0.15) is 0 Å². The van der Waals surface area contributed by atoms with Crippen LogP contribution in [0.2, 0.25) is 0 Å². The first-order valence-electron chi connectivity index (χ1n) is 9.09. The van der Waals surface area contributed by atoms with Gasteiger partial charge in [-0.25, -0.2) is 0 Å². The third kappa shape index (κ3) is 3.56.